The number of hydrogen-bond acceptors (Lipinski definition) is 3. The van der Waals surface area contributed by atoms with Gasteiger partial charge in [0.15, 0.2) is 0 Å². The van der Waals surface area contributed by atoms with E-state index in [0.29, 0.717) is 0 Å². The number of halogens is 1. The third-order valence-corrected chi connectivity index (χ3v) is 2.37. The molecule has 0 aromatic heterocycles. The van der Waals surface area contributed by atoms with Crippen LogP contribution in [0, 0.1) is 5.82 Å². The maximum Gasteiger partial charge on any atom is 0.338 e. The highest BCUT2D eigenvalue weighted by Crippen LogP contribution is 2.14. The molecule has 108 valence electrons. The first kappa shape index (κ1) is 15.4. The molecule has 0 aliphatic rings. The SMILES string of the molecule is CNC(=O)CCNC(=O)Nc1ccc(C(=O)O)c(F)c1. The zero-order valence-electron chi connectivity index (χ0n) is 10.7. The second-order valence-corrected chi connectivity index (χ2v) is 3.80. The lowest BCUT2D eigenvalue weighted by atomic mass is 10.2. The summed E-state index contributed by atoms with van der Waals surface area (Å²) in [7, 11) is 1.48. The minimum Gasteiger partial charge on any atom is -0.478 e. The summed E-state index contributed by atoms with van der Waals surface area (Å²) in [5.74, 6) is -2.55. The van der Waals surface area contributed by atoms with E-state index >= 15 is 0 Å². The number of carboxylic acid groups (broad SMARTS) is 1. The van der Waals surface area contributed by atoms with Gasteiger partial charge in [-0.2, -0.15) is 0 Å². The summed E-state index contributed by atoms with van der Waals surface area (Å²) in [5.41, 5.74) is -0.361. The van der Waals surface area contributed by atoms with Crippen molar-refractivity contribution in [1.29, 1.82) is 0 Å². The molecule has 7 nitrogen and oxygen atoms in total. The second-order valence-electron chi connectivity index (χ2n) is 3.80. The summed E-state index contributed by atoms with van der Waals surface area (Å²) in [4.78, 5) is 32.9. The zero-order valence-corrected chi connectivity index (χ0v) is 10.7. The van der Waals surface area contributed by atoms with Crippen LogP contribution >= 0.6 is 0 Å². The average Bonchev–Trinajstić information content (AvgIpc) is 2.38. The Morgan fingerprint density at radius 1 is 1.30 bits per heavy atom. The molecule has 0 aliphatic heterocycles. The van der Waals surface area contributed by atoms with Crippen molar-refractivity contribution in [1.82, 2.24) is 10.6 Å². The van der Waals surface area contributed by atoms with Gasteiger partial charge >= 0.3 is 12.0 Å². The molecule has 8 heteroatoms. The van der Waals surface area contributed by atoms with E-state index in [1.807, 2.05) is 0 Å². The van der Waals surface area contributed by atoms with Crippen LogP contribution in [0.1, 0.15) is 16.8 Å². The smallest absolute Gasteiger partial charge is 0.338 e. The van der Waals surface area contributed by atoms with Gasteiger partial charge in [-0.25, -0.2) is 14.0 Å². The minimum absolute atomic E-state index is 0.116. The predicted octanol–water partition coefficient (Wildman–Crippen LogP) is 0.781. The van der Waals surface area contributed by atoms with E-state index in [-0.39, 0.29) is 24.6 Å². The number of carbonyl (C=O) groups excluding carboxylic acids is 2. The highest BCUT2D eigenvalue weighted by molar-refractivity contribution is 5.92. The van der Waals surface area contributed by atoms with Crippen LogP contribution in [-0.2, 0) is 4.79 Å². The molecule has 1 aromatic carbocycles. The Morgan fingerprint density at radius 3 is 2.55 bits per heavy atom. The van der Waals surface area contributed by atoms with Gasteiger partial charge < -0.3 is 21.1 Å². The van der Waals surface area contributed by atoms with E-state index in [9.17, 15) is 18.8 Å². The largest absolute Gasteiger partial charge is 0.478 e. The fraction of sp³-hybridized carbons (Fsp3) is 0.250. The normalized spacial score (nSPS) is 9.70. The van der Waals surface area contributed by atoms with Crippen LogP contribution in [0.4, 0.5) is 14.9 Å². The third-order valence-electron chi connectivity index (χ3n) is 2.37. The van der Waals surface area contributed by atoms with Gasteiger partial charge in [-0.05, 0) is 18.2 Å². The van der Waals surface area contributed by atoms with Crippen molar-refractivity contribution in [2.45, 2.75) is 6.42 Å². The summed E-state index contributed by atoms with van der Waals surface area (Å²) >= 11 is 0. The van der Waals surface area contributed by atoms with Crippen molar-refractivity contribution in [3.05, 3.63) is 29.6 Å². The van der Waals surface area contributed by atoms with Crippen molar-refractivity contribution >= 4 is 23.6 Å². The van der Waals surface area contributed by atoms with Gasteiger partial charge in [0.05, 0.1) is 5.56 Å². The summed E-state index contributed by atoms with van der Waals surface area (Å²) in [6.45, 7) is 0.126. The predicted molar refractivity (Wildman–Crippen MR) is 69.1 cm³/mol. The Labute approximate surface area is 114 Å². The number of aromatic carboxylic acids is 1. The van der Waals surface area contributed by atoms with Crippen LogP contribution < -0.4 is 16.0 Å². The lowest BCUT2D eigenvalue weighted by Gasteiger charge is -2.08. The number of carboxylic acids is 1. The number of hydrogen-bond donors (Lipinski definition) is 4. The van der Waals surface area contributed by atoms with E-state index in [0.717, 1.165) is 12.1 Å². The molecule has 0 unspecified atom stereocenters. The monoisotopic (exact) mass is 283 g/mol. The standard InChI is InChI=1S/C12H14FN3O4/c1-14-10(17)4-5-15-12(20)16-7-2-3-8(11(18)19)9(13)6-7/h2-3,6H,4-5H2,1H3,(H,14,17)(H,18,19)(H2,15,16,20). The molecule has 1 aromatic rings. The summed E-state index contributed by atoms with van der Waals surface area (Å²) in [5, 5.41) is 15.8. The van der Waals surface area contributed by atoms with Gasteiger partial charge in [0.25, 0.3) is 0 Å². The van der Waals surface area contributed by atoms with Crippen molar-refractivity contribution < 1.29 is 23.9 Å². The quantitative estimate of drug-likeness (QED) is 0.640. The van der Waals surface area contributed by atoms with Gasteiger partial charge in [-0.15, -0.1) is 0 Å². The first-order valence-corrected chi connectivity index (χ1v) is 5.72. The molecule has 1 rings (SSSR count). The molecule has 4 N–H and O–H groups in total. The molecule has 0 heterocycles. The van der Waals surface area contributed by atoms with E-state index in [1.54, 1.807) is 0 Å². The first-order valence-electron chi connectivity index (χ1n) is 5.72. The van der Waals surface area contributed by atoms with Crippen LogP contribution in [0.3, 0.4) is 0 Å². The van der Waals surface area contributed by atoms with Crippen molar-refractivity contribution in [2.75, 3.05) is 18.9 Å². The summed E-state index contributed by atoms with van der Waals surface area (Å²) in [6, 6.07) is 2.61. The highest BCUT2D eigenvalue weighted by Gasteiger charge is 2.11. The van der Waals surface area contributed by atoms with Gasteiger partial charge in [-0.1, -0.05) is 0 Å². The van der Waals surface area contributed by atoms with E-state index in [2.05, 4.69) is 16.0 Å². The molecular formula is C12H14FN3O4. The molecule has 0 saturated heterocycles. The summed E-state index contributed by atoms with van der Waals surface area (Å²) in [6.07, 6.45) is 0.121. The number of amides is 3. The Kier molecular flexibility index (Phi) is 5.45. The number of anilines is 1. The molecule has 0 saturated carbocycles. The fourth-order valence-electron chi connectivity index (χ4n) is 1.36. The Balaban J connectivity index is 2.52. The highest BCUT2D eigenvalue weighted by atomic mass is 19.1. The maximum atomic E-state index is 13.3. The van der Waals surface area contributed by atoms with Crippen LogP contribution in [0.5, 0.6) is 0 Å². The molecule has 20 heavy (non-hydrogen) atoms. The van der Waals surface area contributed by atoms with Crippen LogP contribution in [0.25, 0.3) is 0 Å². The Hall–Kier alpha value is -2.64. The Morgan fingerprint density at radius 2 is 2.00 bits per heavy atom. The lowest BCUT2D eigenvalue weighted by molar-refractivity contribution is -0.120. The van der Waals surface area contributed by atoms with Crippen LogP contribution in [0.15, 0.2) is 18.2 Å². The van der Waals surface area contributed by atoms with E-state index < -0.39 is 23.4 Å². The lowest BCUT2D eigenvalue weighted by Crippen LogP contribution is -2.32. The first-order chi connectivity index (χ1) is 9.43. The number of carbonyl (C=O) groups is 3. The van der Waals surface area contributed by atoms with E-state index in [4.69, 9.17) is 5.11 Å². The molecule has 0 radical (unpaired) electrons. The maximum absolute atomic E-state index is 13.3. The minimum atomic E-state index is -1.39. The fourth-order valence-corrected chi connectivity index (χ4v) is 1.36. The van der Waals surface area contributed by atoms with Gasteiger partial charge in [0, 0.05) is 25.7 Å². The number of rotatable bonds is 5. The molecule has 3 amide bonds. The number of urea groups is 1. The third kappa shape index (κ3) is 4.56. The van der Waals surface area contributed by atoms with Gasteiger partial charge in [0.1, 0.15) is 5.82 Å². The van der Waals surface area contributed by atoms with Crippen molar-refractivity contribution in [3.63, 3.8) is 0 Å². The van der Waals surface area contributed by atoms with Crippen molar-refractivity contribution in [3.8, 4) is 0 Å². The molecule has 0 aliphatic carbocycles. The van der Waals surface area contributed by atoms with E-state index in [1.165, 1.54) is 13.1 Å². The number of benzene rings is 1. The topological polar surface area (TPSA) is 108 Å². The number of nitrogens with one attached hydrogen (secondary N) is 3. The molecule has 0 spiro atoms. The van der Waals surface area contributed by atoms with Crippen LogP contribution in [-0.4, -0.2) is 36.6 Å². The molecule has 0 bridgehead atoms. The Bertz CT molecular complexity index is 533. The van der Waals surface area contributed by atoms with Gasteiger partial charge in [-0.3, -0.25) is 4.79 Å². The van der Waals surface area contributed by atoms with Crippen LogP contribution in [0.2, 0.25) is 0 Å². The molecular weight excluding hydrogens is 269 g/mol. The second kappa shape index (κ2) is 7.07. The summed E-state index contributed by atoms with van der Waals surface area (Å²) < 4.78 is 13.3. The zero-order chi connectivity index (χ0) is 15.1. The molecule has 0 atom stereocenters. The van der Waals surface area contributed by atoms with Gasteiger partial charge in [0.2, 0.25) is 5.91 Å². The molecule has 0 fully saturated rings. The average molecular weight is 283 g/mol. The van der Waals surface area contributed by atoms with Crippen molar-refractivity contribution in [2.24, 2.45) is 0 Å².